The van der Waals surface area contributed by atoms with Crippen molar-refractivity contribution in [1.29, 1.82) is 0 Å². The Kier molecular flexibility index (Phi) is 4.13. The fourth-order valence-corrected chi connectivity index (χ4v) is 3.29. The average molecular weight is 290 g/mol. The average Bonchev–Trinajstić information content (AvgIpc) is 3.32. The van der Waals surface area contributed by atoms with Gasteiger partial charge in [-0.15, -0.1) is 0 Å². The molecular formula is C17H23FN2O. The molecule has 4 heteroatoms. The molecule has 0 unspecified atom stereocenters. The first-order valence-electron chi connectivity index (χ1n) is 8.01. The van der Waals surface area contributed by atoms with Gasteiger partial charge < -0.3 is 10.6 Å². The summed E-state index contributed by atoms with van der Waals surface area (Å²) in [5.41, 5.74) is 6.27. The van der Waals surface area contributed by atoms with Gasteiger partial charge in [0.2, 0.25) is 0 Å². The lowest BCUT2D eigenvalue weighted by Gasteiger charge is -2.30. The standard InChI is InChI=1S/C17H23FN2O/c18-16-9-6-13(19)10-15(16)17(21)20(14-7-8-14)11-12-4-2-1-3-5-12/h6,9-10,12,14H,1-5,7-8,11,19H2. The fourth-order valence-electron chi connectivity index (χ4n) is 3.29. The molecule has 0 spiro atoms. The van der Waals surface area contributed by atoms with Gasteiger partial charge in [-0.3, -0.25) is 4.79 Å². The highest BCUT2D eigenvalue weighted by Crippen LogP contribution is 2.33. The third-order valence-electron chi connectivity index (χ3n) is 4.65. The van der Waals surface area contributed by atoms with E-state index in [1.165, 1.54) is 50.3 Å². The topological polar surface area (TPSA) is 46.3 Å². The quantitative estimate of drug-likeness (QED) is 0.861. The van der Waals surface area contributed by atoms with Crippen molar-refractivity contribution >= 4 is 11.6 Å². The first-order chi connectivity index (χ1) is 10.1. The lowest BCUT2D eigenvalue weighted by molar-refractivity contribution is 0.0694. The maximum absolute atomic E-state index is 13.9. The maximum atomic E-state index is 13.9. The predicted molar refractivity (Wildman–Crippen MR) is 81.4 cm³/mol. The first-order valence-corrected chi connectivity index (χ1v) is 8.01. The summed E-state index contributed by atoms with van der Waals surface area (Å²) in [6, 6.07) is 4.55. The number of benzene rings is 1. The Hall–Kier alpha value is -1.58. The SMILES string of the molecule is Nc1ccc(F)c(C(=O)N(CC2CCCCC2)C2CC2)c1. The normalized spacial score (nSPS) is 19.5. The minimum absolute atomic E-state index is 0.123. The molecule has 2 aliphatic rings. The van der Waals surface area contributed by atoms with E-state index in [4.69, 9.17) is 5.73 Å². The molecule has 0 heterocycles. The highest BCUT2D eigenvalue weighted by atomic mass is 19.1. The molecule has 0 atom stereocenters. The van der Waals surface area contributed by atoms with E-state index in [2.05, 4.69) is 0 Å². The van der Waals surface area contributed by atoms with Gasteiger partial charge in [0.1, 0.15) is 5.82 Å². The minimum atomic E-state index is -0.469. The monoisotopic (exact) mass is 290 g/mol. The number of nitrogens with two attached hydrogens (primary N) is 1. The zero-order valence-electron chi connectivity index (χ0n) is 12.4. The van der Waals surface area contributed by atoms with Crippen molar-refractivity contribution in [2.24, 2.45) is 5.92 Å². The number of carbonyl (C=O) groups excluding carboxylic acids is 1. The zero-order valence-corrected chi connectivity index (χ0v) is 12.4. The van der Waals surface area contributed by atoms with Crippen molar-refractivity contribution < 1.29 is 9.18 Å². The van der Waals surface area contributed by atoms with Crippen LogP contribution in [0.5, 0.6) is 0 Å². The summed E-state index contributed by atoms with van der Waals surface area (Å²) in [4.78, 5) is 14.6. The van der Waals surface area contributed by atoms with Crippen LogP contribution < -0.4 is 5.73 Å². The van der Waals surface area contributed by atoms with Crippen molar-refractivity contribution in [2.75, 3.05) is 12.3 Å². The number of carbonyl (C=O) groups is 1. The van der Waals surface area contributed by atoms with Gasteiger partial charge >= 0.3 is 0 Å². The molecule has 1 amide bonds. The third kappa shape index (κ3) is 3.36. The Labute approximate surface area is 125 Å². The van der Waals surface area contributed by atoms with Crippen molar-refractivity contribution in [1.82, 2.24) is 4.90 Å². The Morgan fingerprint density at radius 3 is 2.57 bits per heavy atom. The van der Waals surface area contributed by atoms with Gasteiger partial charge in [-0.1, -0.05) is 19.3 Å². The van der Waals surface area contributed by atoms with Crippen LogP contribution in [0.15, 0.2) is 18.2 Å². The smallest absolute Gasteiger partial charge is 0.257 e. The third-order valence-corrected chi connectivity index (χ3v) is 4.65. The molecule has 0 aromatic heterocycles. The predicted octanol–water partition coefficient (Wildman–Crippen LogP) is 3.59. The van der Waals surface area contributed by atoms with E-state index in [9.17, 15) is 9.18 Å². The van der Waals surface area contributed by atoms with Crippen LogP contribution in [-0.2, 0) is 0 Å². The number of amides is 1. The van der Waals surface area contributed by atoms with Gasteiger partial charge in [-0.25, -0.2) is 4.39 Å². The van der Waals surface area contributed by atoms with E-state index in [0.29, 0.717) is 17.6 Å². The maximum Gasteiger partial charge on any atom is 0.257 e. The van der Waals surface area contributed by atoms with Gasteiger partial charge in [-0.05, 0) is 49.8 Å². The van der Waals surface area contributed by atoms with Gasteiger partial charge in [-0.2, -0.15) is 0 Å². The van der Waals surface area contributed by atoms with E-state index >= 15 is 0 Å². The van der Waals surface area contributed by atoms with Crippen LogP contribution in [-0.4, -0.2) is 23.4 Å². The fraction of sp³-hybridized carbons (Fsp3) is 0.588. The Bertz CT molecular complexity index is 522. The molecule has 1 aromatic rings. The van der Waals surface area contributed by atoms with Crippen LogP contribution in [0.3, 0.4) is 0 Å². The van der Waals surface area contributed by atoms with Crippen LogP contribution in [0.25, 0.3) is 0 Å². The molecule has 0 saturated heterocycles. The molecule has 2 saturated carbocycles. The van der Waals surface area contributed by atoms with E-state index in [-0.39, 0.29) is 11.5 Å². The number of rotatable bonds is 4. The Morgan fingerprint density at radius 1 is 1.19 bits per heavy atom. The van der Waals surface area contributed by atoms with Gasteiger partial charge in [0.05, 0.1) is 5.56 Å². The van der Waals surface area contributed by atoms with Gasteiger partial charge in [0, 0.05) is 18.3 Å². The lowest BCUT2D eigenvalue weighted by atomic mass is 9.88. The molecule has 1 aromatic carbocycles. The van der Waals surface area contributed by atoms with Gasteiger partial charge in [0.25, 0.3) is 5.91 Å². The summed E-state index contributed by atoms with van der Waals surface area (Å²) in [5.74, 6) is -0.0798. The number of hydrogen-bond donors (Lipinski definition) is 1. The molecule has 3 nitrogen and oxygen atoms in total. The summed E-state index contributed by atoms with van der Waals surface area (Å²) in [6.07, 6.45) is 8.28. The van der Waals surface area contributed by atoms with Crippen LogP contribution in [0.1, 0.15) is 55.3 Å². The van der Waals surface area contributed by atoms with E-state index in [0.717, 1.165) is 19.4 Å². The minimum Gasteiger partial charge on any atom is -0.399 e. The second kappa shape index (κ2) is 6.04. The summed E-state index contributed by atoms with van der Waals surface area (Å²) in [7, 11) is 0. The first kappa shape index (κ1) is 14.4. The molecule has 21 heavy (non-hydrogen) atoms. The van der Waals surface area contributed by atoms with Crippen LogP contribution in [0.4, 0.5) is 10.1 Å². The summed E-state index contributed by atoms with van der Waals surface area (Å²) >= 11 is 0. The molecule has 2 aliphatic carbocycles. The second-order valence-corrected chi connectivity index (χ2v) is 6.43. The van der Waals surface area contributed by atoms with Crippen molar-refractivity contribution in [3.8, 4) is 0 Å². The van der Waals surface area contributed by atoms with E-state index in [1.807, 2.05) is 4.90 Å². The second-order valence-electron chi connectivity index (χ2n) is 6.43. The number of nitrogens with zero attached hydrogens (tertiary/aromatic N) is 1. The number of hydrogen-bond acceptors (Lipinski definition) is 2. The molecule has 2 fully saturated rings. The molecule has 0 aliphatic heterocycles. The van der Waals surface area contributed by atoms with Crippen molar-refractivity contribution in [2.45, 2.75) is 51.0 Å². The number of nitrogen functional groups attached to an aromatic ring is 1. The highest BCUT2D eigenvalue weighted by molar-refractivity contribution is 5.95. The zero-order chi connectivity index (χ0) is 14.8. The molecule has 0 radical (unpaired) electrons. The summed E-state index contributed by atoms with van der Waals surface area (Å²) < 4.78 is 13.9. The molecule has 114 valence electrons. The van der Waals surface area contributed by atoms with Crippen LogP contribution >= 0.6 is 0 Å². The summed E-state index contributed by atoms with van der Waals surface area (Å²) in [6.45, 7) is 0.776. The van der Waals surface area contributed by atoms with Crippen molar-refractivity contribution in [3.05, 3.63) is 29.6 Å². The van der Waals surface area contributed by atoms with Crippen LogP contribution in [0, 0.1) is 11.7 Å². The molecule has 0 bridgehead atoms. The highest BCUT2D eigenvalue weighted by Gasteiger charge is 2.35. The largest absolute Gasteiger partial charge is 0.399 e. The molecular weight excluding hydrogens is 267 g/mol. The summed E-state index contributed by atoms with van der Waals surface area (Å²) in [5, 5.41) is 0. The lowest BCUT2D eigenvalue weighted by Crippen LogP contribution is -2.38. The number of anilines is 1. The van der Waals surface area contributed by atoms with E-state index in [1.54, 1.807) is 0 Å². The van der Waals surface area contributed by atoms with Crippen molar-refractivity contribution in [3.63, 3.8) is 0 Å². The Morgan fingerprint density at radius 2 is 1.90 bits per heavy atom. The number of halogens is 1. The van der Waals surface area contributed by atoms with E-state index < -0.39 is 5.82 Å². The van der Waals surface area contributed by atoms with Crippen LogP contribution in [0.2, 0.25) is 0 Å². The molecule has 3 rings (SSSR count). The molecule has 2 N–H and O–H groups in total. The Balaban J connectivity index is 1.76. The van der Waals surface area contributed by atoms with Gasteiger partial charge in [0.15, 0.2) is 0 Å².